The zero-order chi connectivity index (χ0) is 21.5. The number of aryl methyl sites for hydroxylation is 3. The number of rotatable bonds is 3. The van der Waals surface area contributed by atoms with Crippen LogP contribution in [-0.2, 0) is 17.2 Å². The van der Waals surface area contributed by atoms with Crippen LogP contribution in [0.15, 0.2) is 12.1 Å². The number of hydrogen-bond donors (Lipinski definition) is 2. The number of pyridine rings is 1. The van der Waals surface area contributed by atoms with Gasteiger partial charge in [0.25, 0.3) is 0 Å². The Bertz CT molecular complexity index is 1110. The van der Waals surface area contributed by atoms with Gasteiger partial charge in [-0.3, -0.25) is 5.32 Å². The van der Waals surface area contributed by atoms with Crippen molar-refractivity contribution < 1.29 is 14.3 Å². The molecule has 3 aromatic rings. The van der Waals surface area contributed by atoms with Gasteiger partial charge in [0.15, 0.2) is 11.5 Å². The maximum Gasteiger partial charge on any atom is 0.350 e. The molecule has 2 amide bonds. The number of carbonyl (C=O) groups is 2. The highest BCUT2D eigenvalue weighted by Crippen LogP contribution is 2.36. The lowest BCUT2D eigenvalue weighted by molar-refractivity contribution is 0.0607. The van der Waals surface area contributed by atoms with E-state index in [9.17, 15) is 9.59 Å². The number of amides is 2. The molecule has 0 aliphatic rings. The molecule has 0 saturated heterocycles. The van der Waals surface area contributed by atoms with Crippen LogP contribution in [-0.4, -0.2) is 33.9 Å². The number of fused-ring (bicyclic) bond motifs is 1. The van der Waals surface area contributed by atoms with Crippen LogP contribution in [0.5, 0.6) is 0 Å². The molecule has 0 atom stereocenters. The number of nitrogens with zero attached hydrogens (tertiary/aromatic N) is 3. The van der Waals surface area contributed by atoms with Gasteiger partial charge in [0.05, 0.1) is 18.2 Å². The van der Waals surface area contributed by atoms with E-state index in [1.54, 1.807) is 11.7 Å². The molecular formula is C20H25N5O3S. The molecule has 0 aliphatic carbocycles. The highest BCUT2D eigenvalue weighted by Gasteiger charge is 2.25. The van der Waals surface area contributed by atoms with Crippen LogP contribution >= 0.6 is 11.3 Å². The molecule has 0 spiro atoms. The van der Waals surface area contributed by atoms with Crippen molar-refractivity contribution in [2.24, 2.45) is 7.05 Å². The number of hydrogen-bond acceptors (Lipinski definition) is 6. The highest BCUT2D eigenvalue weighted by atomic mass is 32.1. The lowest BCUT2D eigenvalue weighted by atomic mass is 9.94. The van der Waals surface area contributed by atoms with Gasteiger partial charge in [-0.2, -0.15) is 5.10 Å². The quantitative estimate of drug-likeness (QED) is 0.619. The van der Waals surface area contributed by atoms with E-state index < -0.39 is 12.0 Å². The van der Waals surface area contributed by atoms with Crippen LogP contribution in [0.25, 0.3) is 11.0 Å². The fraction of sp³-hybridized carbons (Fsp3) is 0.400. The van der Waals surface area contributed by atoms with Crippen molar-refractivity contribution in [1.82, 2.24) is 14.8 Å². The normalized spacial score (nSPS) is 11.6. The predicted octanol–water partition coefficient (Wildman–Crippen LogP) is 4.37. The molecule has 0 radical (unpaired) electrons. The zero-order valence-corrected chi connectivity index (χ0v) is 18.4. The van der Waals surface area contributed by atoms with Gasteiger partial charge in [-0.15, -0.1) is 11.3 Å². The number of carbonyl (C=O) groups excluding carboxylic acids is 2. The van der Waals surface area contributed by atoms with Crippen LogP contribution < -0.4 is 10.6 Å². The number of esters is 1. The van der Waals surface area contributed by atoms with Crippen LogP contribution in [0.1, 0.15) is 46.6 Å². The number of ether oxygens (including phenoxy) is 1. The molecule has 0 aliphatic heterocycles. The first-order valence-corrected chi connectivity index (χ1v) is 9.94. The van der Waals surface area contributed by atoms with E-state index in [2.05, 4.69) is 20.7 Å². The maximum absolute atomic E-state index is 12.7. The Kier molecular flexibility index (Phi) is 5.36. The van der Waals surface area contributed by atoms with Crippen molar-refractivity contribution in [3.8, 4) is 0 Å². The Morgan fingerprint density at radius 2 is 1.86 bits per heavy atom. The topological polar surface area (TPSA) is 98.1 Å². The molecule has 29 heavy (non-hydrogen) atoms. The monoisotopic (exact) mass is 415 g/mol. The molecule has 0 saturated carbocycles. The summed E-state index contributed by atoms with van der Waals surface area (Å²) in [6.07, 6.45) is 0. The predicted molar refractivity (Wildman–Crippen MR) is 115 cm³/mol. The fourth-order valence-corrected chi connectivity index (χ4v) is 4.13. The summed E-state index contributed by atoms with van der Waals surface area (Å²) in [5.41, 5.74) is 2.79. The van der Waals surface area contributed by atoms with Crippen LogP contribution in [0.3, 0.4) is 0 Å². The lowest BCUT2D eigenvalue weighted by Crippen LogP contribution is -2.21. The summed E-state index contributed by atoms with van der Waals surface area (Å²) in [6.45, 7) is 9.99. The van der Waals surface area contributed by atoms with E-state index in [1.807, 2.05) is 46.8 Å². The number of methoxy groups -OCH3 is 1. The standard InChI is InChI=1S/C20H25N5O3S/c1-10-8-11(2)21-17-14(10)16(24-25(17)6)23-19(27)22-12-9-13(20(3,4)5)29-15(12)18(26)28-7/h8-9H,1-7H3,(H2,22,23,24,27). The van der Waals surface area contributed by atoms with Gasteiger partial charge in [0.1, 0.15) is 4.88 Å². The van der Waals surface area contributed by atoms with Gasteiger partial charge in [-0.1, -0.05) is 20.8 Å². The second kappa shape index (κ2) is 7.47. The maximum atomic E-state index is 12.7. The van der Waals surface area contributed by atoms with E-state index in [0.29, 0.717) is 22.0 Å². The lowest BCUT2D eigenvalue weighted by Gasteiger charge is -2.15. The van der Waals surface area contributed by atoms with E-state index >= 15 is 0 Å². The first-order valence-electron chi connectivity index (χ1n) is 9.13. The molecule has 3 heterocycles. The van der Waals surface area contributed by atoms with E-state index in [0.717, 1.165) is 21.5 Å². The molecule has 3 aromatic heterocycles. The highest BCUT2D eigenvalue weighted by molar-refractivity contribution is 7.14. The van der Waals surface area contributed by atoms with Gasteiger partial charge < -0.3 is 10.1 Å². The van der Waals surface area contributed by atoms with Gasteiger partial charge in [0, 0.05) is 17.6 Å². The van der Waals surface area contributed by atoms with Crippen molar-refractivity contribution >= 4 is 45.9 Å². The van der Waals surface area contributed by atoms with Crippen LogP contribution in [0, 0.1) is 13.8 Å². The molecule has 2 N–H and O–H groups in total. The minimum Gasteiger partial charge on any atom is -0.465 e. The van der Waals surface area contributed by atoms with Gasteiger partial charge in [0.2, 0.25) is 0 Å². The Morgan fingerprint density at radius 1 is 1.17 bits per heavy atom. The Labute approximate surface area is 173 Å². The number of urea groups is 1. The zero-order valence-electron chi connectivity index (χ0n) is 17.6. The molecule has 0 aromatic carbocycles. The summed E-state index contributed by atoms with van der Waals surface area (Å²) in [7, 11) is 3.10. The third-order valence-corrected chi connectivity index (χ3v) is 5.98. The van der Waals surface area contributed by atoms with Crippen LogP contribution in [0.2, 0.25) is 0 Å². The average molecular weight is 416 g/mol. The summed E-state index contributed by atoms with van der Waals surface area (Å²) in [5, 5.41) is 10.7. The Hall–Kier alpha value is -2.94. The van der Waals surface area contributed by atoms with Crippen molar-refractivity contribution in [2.75, 3.05) is 17.7 Å². The first kappa shape index (κ1) is 20.8. The largest absolute Gasteiger partial charge is 0.465 e. The molecular weight excluding hydrogens is 390 g/mol. The van der Waals surface area contributed by atoms with Gasteiger partial charge >= 0.3 is 12.0 Å². The average Bonchev–Trinajstić information content (AvgIpc) is 3.16. The molecule has 0 unspecified atom stereocenters. The summed E-state index contributed by atoms with van der Waals surface area (Å²) in [4.78, 5) is 30.7. The second-order valence-electron chi connectivity index (χ2n) is 7.93. The number of anilines is 2. The molecule has 0 bridgehead atoms. The second-order valence-corrected chi connectivity index (χ2v) is 8.98. The van der Waals surface area contributed by atoms with E-state index in [4.69, 9.17) is 4.74 Å². The summed E-state index contributed by atoms with van der Waals surface area (Å²) in [5.74, 6) is -0.0736. The third kappa shape index (κ3) is 4.09. The summed E-state index contributed by atoms with van der Waals surface area (Å²) < 4.78 is 6.50. The summed E-state index contributed by atoms with van der Waals surface area (Å²) >= 11 is 1.31. The summed E-state index contributed by atoms with van der Waals surface area (Å²) in [6, 6.07) is 3.26. The SMILES string of the molecule is COC(=O)c1sc(C(C)(C)C)cc1NC(=O)Nc1nn(C)c2nc(C)cc(C)c12. The number of nitrogens with one attached hydrogen (secondary N) is 2. The van der Waals surface area contributed by atoms with E-state index in [-0.39, 0.29) is 5.41 Å². The first-order chi connectivity index (χ1) is 13.5. The Morgan fingerprint density at radius 3 is 2.48 bits per heavy atom. The minimum atomic E-state index is -0.492. The van der Waals surface area contributed by atoms with Gasteiger partial charge in [-0.25, -0.2) is 19.3 Å². The number of thiophene rings is 1. The smallest absolute Gasteiger partial charge is 0.350 e. The van der Waals surface area contributed by atoms with Crippen molar-refractivity contribution in [3.05, 3.63) is 33.1 Å². The molecule has 0 fully saturated rings. The van der Waals surface area contributed by atoms with Gasteiger partial charge in [-0.05, 0) is 37.0 Å². The van der Waals surface area contributed by atoms with Crippen molar-refractivity contribution in [1.29, 1.82) is 0 Å². The number of aromatic nitrogens is 3. The molecule has 3 rings (SSSR count). The molecule has 154 valence electrons. The fourth-order valence-electron chi connectivity index (χ4n) is 3.04. The van der Waals surface area contributed by atoms with Crippen molar-refractivity contribution in [2.45, 2.75) is 40.0 Å². The molecule has 8 nitrogen and oxygen atoms in total. The Balaban J connectivity index is 1.91. The van der Waals surface area contributed by atoms with E-state index in [1.165, 1.54) is 18.4 Å². The minimum absolute atomic E-state index is 0.165. The molecule has 9 heteroatoms. The van der Waals surface area contributed by atoms with Crippen LogP contribution in [0.4, 0.5) is 16.3 Å². The van der Waals surface area contributed by atoms with Crippen molar-refractivity contribution in [3.63, 3.8) is 0 Å². The third-order valence-electron chi connectivity index (χ3n) is 4.44.